The number of pyridine rings is 1. The van der Waals surface area contributed by atoms with Crippen molar-refractivity contribution in [2.24, 2.45) is 0 Å². The molecule has 1 N–H and O–H groups in total. The number of carbonyl (C=O) groups is 1. The van der Waals surface area contributed by atoms with Crippen molar-refractivity contribution in [3.63, 3.8) is 0 Å². The molecule has 198 valence electrons. The average Bonchev–Trinajstić information content (AvgIpc) is 2.97. The Hall–Kier alpha value is -4.40. The van der Waals surface area contributed by atoms with Gasteiger partial charge in [-0.2, -0.15) is 5.26 Å². The molecule has 0 fully saturated rings. The summed E-state index contributed by atoms with van der Waals surface area (Å²) in [5, 5.41) is 16.0. The summed E-state index contributed by atoms with van der Waals surface area (Å²) in [6.45, 7) is 8.54. The minimum atomic E-state index is -0.142. The largest absolute Gasteiger partial charge is 0.325 e. The number of nitrogens with zero attached hydrogens (tertiary/aromatic N) is 2. The van der Waals surface area contributed by atoms with Gasteiger partial charge in [-0.1, -0.05) is 124 Å². The number of hydrogen-bond acceptors (Lipinski definition) is 4. The molecule has 4 aromatic carbocycles. The number of nitriles is 1. The molecule has 0 aliphatic carbocycles. The van der Waals surface area contributed by atoms with Gasteiger partial charge in [0, 0.05) is 16.5 Å². The van der Waals surface area contributed by atoms with Crippen molar-refractivity contribution < 1.29 is 4.79 Å². The molecule has 0 unspecified atom stereocenters. The van der Waals surface area contributed by atoms with Crippen LogP contribution in [0.3, 0.4) is 0 Å². The maximum absolute atomic E-state index is 13.2. The minimum Gasteiger partial charge on any atom is -0.325 e. The Kier molecular flexibility index (Phi) is 7.73. The summed E-state index contributed by atoms with van der Waals surface area (Å²) in [6.07, 6.45) is 0. The fourth-order valence-electron chi connectivity index (χ4n) is 4.72. The molecule has 0 bridgehead atoms. The fraction of sp³-hybridized carbons (Fsp3) is 0.171. The summed E-state index contributed by atoms with van der Waals surface area (Å²) in [4.78, 5) is 18.0. The first kappa shape index (κ1) is 27.2. The normalized spacial score (nSPS) is 11.3. The predicted molar refractivity (Wildman–Crippen MR) is 167 cm³/mol. The van der Waals surface area contributed by atoms with Crippen LogP contribution in [0.15, 0.2) is 102 Å². The molecule has 1 heterocycles. The van der Waals surface area contributed by atoms with Crippen molar-refractivity contribution in [2.75, 3.05) is 11.1 Å². The van der Waals surface area contributed by atoms with Gasteiger partial charge in [-0.3, -0.25) is 4.79 Å². The monoisotopic (exact) mass is 541 g/mol. The Balaban J connectivity index is 1.49. The van der Waals surface area contributed by atoms with E-state index in [1.807, 2.05) is 73.7 Å². The first-order valence-electron chi connectivity index (χ1n) is 13.3. The van der Waals surface area contributed by atoms with Crippen LogP contribution in [0.25, 0.3) is 33.2 Å². The van der Waals surface area contributed by atoms with Crippen LogP contribution in [0.1, 0.15) is 37.5 Å². The first-order valence-corrected chi connectivity index (χ1v) is 14.3. The third-order valence-corrected chi connectivity index (χ3v) is 7.95. The van der Waals surface area contributed by atoms with Crippen LogP contribution in [-0.4, -0.2) is 16.6 Å². The minimum absolute atomic E-state index is 0.0286. The molecule has 0 saturated heterocycles. The van der Waals surface area contributed by atoms with E-state index in [4.69, 9.17) is 4.98 Å². The van der Waals surface area contributed by atoms with Crippen LogP contribution >= 0.6 is 11.8 Å². The van der Waals surface area contributed by atoms with Crippen molar-refractivity contribution in [3.05, 3.63) is 114 Å². The van der Waals surface area contributed by atoms with Crippen LogP contribution in [0.4, 0.5) is 5.69 Å². The molecule has 0 aliphatic heterocycles. The van der Waals surface area contributed by atoms with Crippen LogP contribution in [0.5, 0.6) is 0 Å². The van der Waals surface area contributed by atoms with Crippen LogP contribution in [0.2, 0.25) is 0 Å². The van der Waals surface area contributed by atoms with Crippen LogP contribution in [-0.2, 0) is 10.2 Å². The van der Waals surface area contributed by atoms with E-state index in [-0.39, 0.29) is 17.1 Å². The Morgan fingerprint density at radius 1 is 0.900 bits per heavy atom. The van der Waals surface area contributed by atoms with E-state index in [2.05, 4.69) is 62.5 Å². The Morgan fingerprint density at radius 3 is 2.30 bits per heavy atom. The molecule has 0 aliphatic rings. The third-order valence-electron chi connectivity index (χ3n) is 6.97. The van der Waals surface area contributed by atoms with Gasteiger partial charge in [0.25, 0.3) is 0 Å². The molecule has 0 radical (unpaired) electrons. The topological polar surface area (TPSA) is 65.8 Å². The molecule has 4 nitrogen and oxygen atoms in total. The number of aryl methyl sites for hydroxylation is 1. The summed E-state index contributed by atoms with van der Waals surface area (Å²) in [5.41, 5.74) is 7.02. The average molecular weight is 542 g/mol. The molecule has 0 atom stereocenters. The van der Waals surface area contributed by atoms with Crippen molar-refractivity contribution in [2.45, 2.75) is 38.1 Å². The van der Waals surface area contributed by atoms with Crippen LogP contribution < -0.4 is 5.32 Å². The van der Waals surface area contributed by atoms with Gasteiger partial charge in [-0.15, -0.1) is 0 Å². The van der Waals surface area contributed by atoms with Gasteiger partial charge in [0.2, 0.25) is 5.91 Å². The second kappa shape index (κ2) is 11.4. The SMILES string of the molecule is Cc1ccc2ccccc2c1NC(=O)CSc1nc(-c2ccccc2)cc(-c2ccc(C(C)(C)C)cc2)c1C#N. The molecular formula is C35H31N3OS. The highest BCUT2D eigenvalue weighted by Crippen LogP contribution is 2.35. The smallest absolute Gasteiger partial charge is 0.234 e. The zero-order chi connectivity index (χ0) is 28.3. The van der Waals surface area contributed by atoms with Gasteiger partial charge >= 0.3 is 0 Å². The van der Waals surface area contributed by atoms with Crippen molar-refractivity contribution in [1.29, 1.82) is 5.26 Å². The molecule has 5 rings (SSSR count). The quantitative estimate of drug-likeness (QED) is 0.218. The number of thioether (sulfide) groups is 1. The second-order valence-corrected chi connectivity index (χ2v) is 11.8. The van der Waals surface area contributed by atoms with Gasteiger partial charge in [0.15, 0.2) is 0 Å². The number of carbonyl (C=O) groups excluding carboxylic acids is 1. The molecule has 0 saturated carbocycles. The zero-order valence-corrected chi connectivity index (χ0v) is 24.0. The summed E-state index contributed by atoms with van der Waals surface area (Å²) in [7, 11) is 0. The number of benzene rings is 4. The third kappa shape index (κ3) is 5.78. The number of anilines is 1. The van der Waals surface area contributed by atoms with Gasteiger partial charge in [-0.25, -0.2) is 4.98 Å². The van der Waals surface area contributed by atoms with E-state index < -0.39 is 0 Å². The number of aromatic nitrogens is 1. The van der Waals surface area contributed by atoms with Crippen molar-refractivity contribution in [1.82, 2.24) is 4.98 Å². The Morgan fingerprint density at radius 2 is 1.60 bits per heavy atom. The van der Waals surface area contributed by atoms with E-state index in [1.54, 1.807) is 0 Å². The maximum Gasteiger partial charge on any atom is 0.234 e. The lowest BCUT2D eigenvalue weighted by atomic mass is 9.86. The molecule has 1 amide bonds. The second-order valence-electron chi connectivity index (χ2n) is 10.9. The van der Waals surface area contributed by atoms with Crippen molar-refractivity contribution in [3.8, 4) is 28.5 Å². The number of rotatable bonds is 6. The highest BCUT2D eigenvalue weighted by atomic mass is 32.2. The standard InChI is InChI=1S/C35H31N3OS/c1-23-14-15-24-10-8-9-13-28(24)33(23)38-32(39)22-40-34-30(21-36)29(20-31(37-34)26-11-6-5-7-12-26)25-16-18-27(19-17-25)35(2,3)4/h5-20H,22H2,1-4H3,(H,38,39). The first-order chi connectivity index (χ1) is 19.2. The van der Waals surface area contributed by atoms with Gasteiger partial charge in [-0.05, 0) is 40.5 Å². The zero-order valence-electron chi connectivity index (χ0n) is 23.2. The number of hydrogen-bond donors (Lipinski definition) is 1. The number of fused-ring (bicyclic) bond motifs is 1. The fourth-order valence-corrected chi connectivity index (χ4v) is 5.53. The highest BCUT2D eigenvalue weighted by Gasteiger charge is 2.19. The summed E-state index contributed by atoms with van der Waals surface area (Å²) >= 11 is 1.29. The number of amides is 1. The molecule has 5 aromatic rings. The molecule has 40 heavy (non-hydrogen) atoms. The Bertz CT molecular complexity index is 1730. The lowest BCUT2D eigenvalue weighted by molar-refractivity contribution is -0.113. The molecule has 5 heteroatoms. The summed E-state index contributed by atoms with van der Waals surface area (Å²) in [5.74, 6) is -0.0123. The van der Waals surface area contributed by atoms with Gasteiger partial charge in [0.05, 0.1) is 22.7 Å². The van der Waals surface area contributed by atoms with Gasteiger partial charge < -0.3 is 5.32 Å². The lowest BCUT2D eigenvalue weighted by Crippen LogP contribution is -2.15. The van der Waals surface area contributed by atoms with E-state index in [1.165, 1.54) is 17.3 Å². The van der Waals surface area contributed by atoms with Gasteiger partial charge in [0.1, 0.15) is 11.1 Å². The predicted octanol–water partition coefficient (Wildman–Crippen LogP) is 8.78. The van der Waals surface area contributed by atoms with Crippen LogP contribution in [0, 0.1) is 18.3 Å². The Labute approximate surface area is 240 Å². The number of nitrogens with one attached hydrogen (secondary N) is 1. The van der Waals surface area contributed by atoms with Crippen molar-refractivity contribution >= 4 is 34.1 Å². The van der Waals surface area contributed by atoms with E-state index in [0.717, 1.165) is 44.4 Å². The van der Waals surface area contributed by atoms with E-state index in [0.29, 0.717) is 10.6 Å². The highest BCUT2D eigenvalue weighted by molar-refractivity contribution is 8.00. The maximum atomic E-state index is 13.2. The summed E-state index contributed by atoms with van der Waals surface area (Å²) < 4.78 is 0. The lowest BCUT2D eigenvalue weighted by Gasteiger charge is -2.19. The summed E-state index contributed by atoms with van der Waals surface area (Å²) in [6, 6.07) is 34.7. The van der Waals surface area contributed by atoms with E-state index in [9.17, 15) is 10.1 Å². The van der Waals surface area contributed by atoms with E-state index >= 15 is 0 Å². The molecule has 0 spiro atoms. The molecular weight excluding hydrogens is 510 g/mol. The molecule has 1 aromatic heterocycles.